The minimum atomic E-state index is -1.11. The van der Waals surface area contributed by atoms with Gasteiger partial charge in [-0.25, -0.2) is 0 Å². The van der Waals surface area contributed by atoms with Crippen molar-refractivity contribution < 1.29 is 28.7 Å². The van der Waals surface area contributed by atoms with Gasteiger partial charge >= 0.3 is 5.97 Å². The normalized spacial score (nSPS) is 13.8. The van der Waals surface area contributed by atoms with Crippen LogP contribution in [0.2, 0.25) is 0 Å². The molecule has 2 aromatic rings. The molecule has 0 spiro atoms. The molecule has 0 unspecified atom stereocenters. The maximum absolute atomic E-state index is 13.6. The number of rotatable bonds is 16. The number of aryl methyl sites for hydroxylation is 2. The molecule has 0 bridgehead atoms. The first-order valence-electron chi connectivity index (χ1n) is 15.2. The monoisotopic (exact) mass is 673 g/mol. The van der Waals surface area contributed by atoms with Crippen LogP contribution in [0.5, 0.6) is 5.75 Å². The molecule has 0 aromatic heterocycles. The Morgan fingerprint density at radius 3 is 1.93 bits per heavy atom. The standard InChI is InChI=1S/C33H47N5O6S2/c1-7-27(39)44-22-14-19(3)23(20(4)15-22)17-24(34)29(40)37-26(18-45)31(42)36-25(16-21-12-10-9-11-13-21)30(41)38-28(33(5,6)46)32(43)35-8-2/h9-15,24-26,28,45-46H,7-8,16-18,34H2,1-6H3,(H,35,43)(H,36,42)(H,37,40)(H,38,41)/t24-,25-,26+,28-/m0/s1. The lowest BCUT2D eigenvalue weighted by Crippen LogP contribution is -2.61. The second-order valence-electron chi connectivity index (χ2n) is 11.7. The van der Waals surface area contributed by atoms with Crippen LogP contribution in [0, 0.1) is 13.8 Å². The molecule has 0 aliphatic heterocycles. The number of nitrogens with two attached hydrogens (primary N) is 1. The fourth-order valence-corrected chi connectivity index (χ4v) is 5.18. The Morgan fingerprint density at radius 2 is 1.41 bits per heavy atom. The Bertz CT molecular complexity index is 1360. The van der Waals surface area contributed by atoms with Gasteiger partial charge in [-0.05, 0) is 75.4 Å². The maximum Gasteiger partial charge on any atom is 0.310 e. The van der Waals surface area contributed by atoms with Crippen molar-refractivity contribution in [2.45, 2.75) is 89.7 Å². The molecule has 2 aromatic carbocycles. The summed E-state index contributed by atoms with van der Waals surface area (Å²) in [6, 6.07) is 8.34. The van der Waals surface area contributed by atoms with Gasteiger partial charge in [0.05, 0.1) is 6.04 Å². The van der Waals surface area contributed by atoms with E-state index >= 15 is 0 Å². The van der Waals surface area contributed by atoms with E-state index in [9.17, 15) is 24.0 Å². The van der Waals surface area contributed by atoms with Gasteiger partial charge in [0.15, 0.2) is 0 Å². The number of benzene rings is 2. The number of carbonyl (C=O) groups excluding carboxylic acids is 5. The largest absolute Gasteiger partial charge is 0.427 e. The second-order valence-corrected chi connectivity index (χ2v) is 13.2. The van der Waals surface area contributed by atoms with Gasteiger partial charge < -0.3 is 31.7 Å². The summed E-state index contributed by atoms with van der Waals surface area (Å²) < 4.78 is 4.41. The number of carbonyl (C=O) groups is 5. The van der Waals surface area contributed by atoms with Crippen LogP contribution < -0.4 is 31.7 Å². The van der Waals surface area contributed by atoms with Crippen LogP contribution in [-0.4, -0.2) is 70.8 Å². The summed E-state index contributed by atoms with van der Waals surface area (Å²) in [4.78, 5) is 64.6. The average molecular weight is 674 g/mol. The lowest BCUT2D eigenvalue weighted by molar-refractivity contribution is -0.134. The first-order chi connectivity index (χ1) is 21.6. The predicted octanol–water partition coefficient (Wildman–Crippen LogP) is 1.96. The molecule has 4 amide bonds. The van der Waals surface area contributed by atoms with Crippen molar-refractivity contribution in [3.63, 3.8) is 0 Å². The summed E-state index contributed by atoms with van der Waals surface area (Å²) in [7, 11) is 0. The van der Waals surface area contributed by atoms with Gasteiger partial charge in [0, 0.05) is 29.9 Å². The smallest absolute Gasteiger partial charge is 0.310 e. The zero-order valence-corrected chi connectivity index (χ0v) is 29.1. The predicted molar refractivity (Wildman–Crippen MR) is 185 cm³/mol. The summed E-state index contributed by atoms with van der Waals surface area (Å²) in [5, 5.41) is 10.8. The van der Waals surface area contributed by atoms with Crippen LogP contribution in [0.25, 0.3) is 0 Å². The third-order valence-corrected chi connectivity index (χ3v) is 7.91. The average Bonchev–Trinajstić information content (AvgIpc) is 2.99. The number of ether oxygens (including phenoxy) is 1. The van der Waals surface area contributed by atoms with Gasteiger partial charge in [-0.1, -0.05) is 37.3 Å². The summed E-state index contributed by atoms with van der Waals surface area (Å²) in [6.45, 7) is 10.9. The molecule has 0 aliphatic carbocycles. The van der Waals surface area contributed by atoms with Crippen LogP contribution in [0.15, 0.2) is 42.5 Å². The summed E-state index contributed by atoms with van der Waals surface area (Å²) in [6.07, 6.45) is 0.543. The first kappa shape index (κ1) is 38.6. The van der Waals surface area contributed by atoms with Gasteiger partial charge in [-0.2, -0.15) is 25.3 Å². The molecule has 11 nitrogen and oxygen atoms in total. The molecule has 13 heteroatoms. The summed E-state index contributed by atoms with van der Waals surface area (Å²) >= 11 is 8.79. The number of amides is 4. The topological polar surface area (TPSA) is 169 Å². The Kier molecular flexibility index (Phi) is 15.1. The highest BCUT2D eigenvalue weighted by Gasteiger charge is 2.36. The molecule has 0 aliphatic rings. The minimum Gasteiger partial charge on any atom is -0.427 e. The van der Waals surface area contributed by atoms with Gasteiger partial charge in [0.1, 0.15) is 23.9 Å². The van der Waals surface area contributed by atoms with Crippen LogP contribution in [-0.2, 0) is 36.8 Å². The SMILES string of the molecule is CCNC(=O)[C@H](NC(=O)[C@H](Cc1ccccc1)NC(=O)[C@@H](CS)NC(=O)[C@@H](N)Cc1c(C)cc(OC(=O)CC)cc1C)C(C)(C)S. The molecule has 46 heavy (non-hydrogen) atoms. The van der Waals surface area contributed by atoms with E-state index in [1.54, 1.807) is 39.8 Å². The van der Waals surface area contributed by atoms with Gasteiger partial charge in [0.25, 0.3) is 0 Å². The second kappa shape index (κ2) is 18.0. The Hall–Kier alpha value is -3.55. The molecular formula is C33H47N5O6S2. The van der Waals surface area contributed by atoms with E-state index in [0.717, 1.165) is 22.3 Å². The lowest BCUT2D eigenvalue weighted by Gasteiger charge is -2.31. The van der Waals surface area contributed by atoms with Crippen molar-refractivity contribution in [1.82, 2.24) is 21.3 Å². The van der Waals surface area contributed by atoms with E-state index in [2.05, 4.69) is 46.5 Å². The van der Waals surface area contributed by atoms with Gasteiger partial charge in [0.2, 0.25) is 23.6 Å². The molecular weight excluding hydrogens is 627 g/mol. The number of thiol groups is 2. The quantitative estimate of drug-likeness (QED) is 0.0812. The Labute approximate surface area is 282 Å². The number of esters is 1. The highest BCUT2D eigenvalue weighted by molar-refractivity contribution is 7.81. The van der Waals surface area contributed by atoms with Crippen molar-refractivity contribution in [2.75, 3.05) is 12.3 Å². The minimum absolute atomic E-state index is 0.0648. The van der Waals surface area contributed by atoms with E-state index < -0.39 is 52.5 Å². The third kappa shape index (κ3) is 11.7. The van der Waals surface area contributed by atoms with E-state index in [4.69, 9.17) is 10.5 Å². The molecule has 0 heterocycles. The van der Waals surface area contributed by atoms with E-state index in [1.165, 1.54) is 0 Å². The fraction of sp³-hybridized carbons (Fsp3) is 0.485. The molecule has 0 saturated heterocycles. The van der Waals surface area contributed by atoms with Gasteiger partial charge in [-0.15, -0.1) is 0 Å². The number of likely N-dealkylation sites (N-methyl/N-ethyl adjacent to an activating group) is 1. The molecule has 0 radical (unpaired) electrons. The van der Waals surface area contributed by atoms with E-state index in [0.29, 0.717) is 12.3 Å². The van der Waals surface area contributed by atoms with Crippen molar-refractivity contribution in [3.05, 3.63) is 64.7 Å². The summed E-state index contributed by atoms with van der Waals surface area (Å²) in [5.74, 6) is -2.21. The molecule has 6 N–H and O–H groups in total. The van der Waals surface area contributed by atoms with Crippen LogP contribution >= 0.6 is 25.3 Å². The molecule has 4 atom stereocenters. The highest BCUT2D eigenvalue weighted by atomic mass is 32.1. The van der Waals surface area contributed by atoms with Crippen molar-refractivity contribution in [3.8, 4) is 5.75 Å². The van der Waals surface area contributed by atoms with Crippen molar-refractivity contribution >= 4 is 54.9 Å². The van der Waals surface area contributed by atoms with E-state index in [-0.39, 0.29) is 31.0 Å². The first-order valence-corrected chi connectivity index (χ1v) is 16.3. The maximum atomic E-state index is 13.6. The molecule has 0 saturated carbocycles. The number of hydrogen-bond donors (Lipinski definition) is 7. The van der Waals surface area contributed by atoms with Crippen molar-refractivity contribution in [2.24, 2.45) is 5.73 Å². The van der Waals surface area contributed by atoms with Crippen LogP contribution in [0.3, 0.4) is 0 Å². The van der Waals surface area contributed by atoms with Crippen LogP contribution in [0.1, 0.15) is 56.4 Å². The fourth-order valence-electron chi connectivity index (χ4n) is 4.74. The number of hydrogen-bond acceptors (Lipinski definition) is 9. The molecule has 252 valence electrons. The Morgan fingerprint density at radius 1 is 0.848 bits per heavy atom. The third-order valence-electron chi connectivity index (χ3n) is 7.29. The number of nitrogens with one attached hydrogen (secondary N) is 4. The highest BCUT2D eigenvalue weighted by Crippen LogP contribution is 2.23. The van der Waals surface area contributed by atoms with E-state index in [1.807, 2.05) is 44.2 Å². The molecule has 2 rings (SSSR count). The zero-order chi connectivity index (χ0) is 34.6. The summed E-state index contributed by atoms with van der Waals surface area (Å²) in [5.41, 5.74) is 9.46. The van der Waals surface area contributed by atoms with Crippen LogP contribution in [0.4, 0.5) is 0 Å². The Balaban J connectivity index is 2.20. The lowest BCUT2D eigenvalue weighted by atomic mass is 9.95. The zero-order valence-electron chi connectivity index (χ0n) is 27.3. The van der Waals surface area contributed by atoms with Crippen molar-refractivity contribution in [1.29, 1.82) is 0 Å². The van der Waals surface area contributed by atoms with Gasteiger partial charge in [-0.3, -0.25) is 24.0 Å². The molecule has 0 fully saturated rings.